The van der Waals surface area contributed by atoms with Crippen molar-refractivity contribution in [2.24, 2.45) is 0 Å². The number of likely N-dealkylation sites (N-methyl/N-ethyl adjacent to an activating group) is 1. The molecule has 1 atom stereocenters. The molecule has 0 amide bonds. The fourth-order valence-corrected chi connectivity index (χ4v) is 2.41. The number of nitrogens with one attached hydrogen (secondary N) is 1. The first-order valence-corrected chi connectivity index (χ1v) is 6.72. The van der Waals surface area contributed by atoms with Crippen LogP contribution in [0.3, 0.4) is 0 Å². The molecule has 0 aliphatic rings. The molecule has 0 saturated heterocycles. The summed E-state index contributed by atoms with van der Waals surface area (Å²) >= 11 is 0. The number of nitrogens with zero attached hydrogens (tertiary/aromatic N) is 1. The maximum absolute atomic E-state index is 13.0. The first kappa shape index (κ1) is 15.5. The third kappa shape index (κ3) is 4.04. The largest absolute Gasteiger partial charge is 0.416 e. The van der Waals surface area contributed by atoms with E-state index in [0.717, 1.165) is 11.6 Å². The summed E-state index contributed by atoms with van der Waals surface area (Å²) in [6, 6.07) is 10.6. The second kappa shape index (κ2) is 6.72. The van der Waals surface area contributed by atoms with Gasteiger partial charge in [-0.3, -0.25) is 4.98 Å². The van der Waals surface area contributed by atoms with Gasteiger partial charge < -0.3 is 5.32 Å². The topological polar surface area (TPSA) is 24.9 Å². The Morgan fingerprint density at radius 1 is 1.14 bits per heavy atom. The Balaban J connectivity index is 2.30. The van der Waals surface area contributed by atoms with Crippen LogP contribution in [0.4, 0.5) is 13.2 Å². The molecule has 1 aromatic heterocycles. The Hall–Kier alpha value is -1.88. The van der Waals surface area contributed by atoms with Crippen molar-refractivity contribution in [2.45, 2.75) is 18.5 Å². The number of hydrogen-bond donors (Lipinski definition) is 1. The third-order valence-electron chi connectivity index (χ3n) is 3.40. The highest BCUT2D eigenvalue weighted by Crippen LogP contribution is 2.33. The van der Waals surface area contributed by atoms with Crippen LogP contribution in [0.1, 0.15) is 22.6 Å². The van der Waals surface area contributed by atoms with Gasteiger partial charge in [0.05, 0.1) is 5.56 Å². The second-order valence-corrected chi connectivity index (χ2v) is 4.90. The summed E-state index contributed by atoms with van der Waals surface area (Å²) in [7, 11) is 1.80. The fraction of sp³-hybridized carbons (Fsp3) is 0.312. The maximum Gasteiger partial charge on any atom is 0.416 e. The maximum atomic E-state index is 13.0. The SMILES string of the molecule is CNCC(Cc1cnccc1C(F)(F)F)c1ccccc1. The molecule has 0 spiro atoms. The van der Waals surface area contributed by atoms with Gasteiger partial charge in [0.15, 0.2) is 0 Å². The molecule has 0 aliphatic carbocycles. The standard InChI is InChI=1S/C16H17F3N2/c1-20-10-13(12-5-3-2-4-6-12)9-14-11-21-8-7-15(14)16(17,18)19/h2-8,11,13,20H,9-10H2,1H3. The van der Waals surface area contributed by atoms with Crippen LogP contribution in [0, 0.1) is 0 Å². The quantitative estimate of drug-likeness (QED) is 0.910. The fourth-order valence-electron chi connectivity index (χ4n) is 2.41. The minimum atomic E-state index is -4.35. The lowest BCUT2D eigenvalue weighted by atomic mass is 9.90. The van der Waals surface area contributed by atoms with Crippen LogP contribution in [-0.2, 0) is 12.6 Å². The van der Waals surface area contributed by atoms with Gasteiger partial charge in [0.2, 0.25) is 0 Å². The van der Waals surface area contributed by atoms with E-state index >= 15 is 0 Å². The molecule has 0 fully saturated rings. The van der Waals surface area contributed by atoms with Gasteiger partial charge in [-0.25, -0.2) is 0 Å². The average molecular weight is 294 g/mol. The van der Waals surface area contributed by atoms with E-state index in [1.165, 1.54) is 12.4 Å². The van der Waals surface area contributed by atoms with Crippen LogP contribution in [0.15, 0.2) is 48.8 Å². The molecule has 0 aliphatic heterocycles. The molecule has 0 saturated carbocycles. The molecule has 2 nitrogen and oxygen atoms in total. The lowest BCUT2D eigenvalue weighted by Crippen LogP contribution is -2.21. The van der Waals surface area contributed by atoms with Crippen molar-refractivity contribution >= 4 is 0 Å². The predicted molar refractivity (Wildman–Crippen MR) is 76.1 cm³/mol. The summed E-state index contributed by atoms with van der Waals surface area (Å²) in [5.41, 5.74) is 0.646. The van der Waals surface area contributed by atoms with E-state index in [2.05, 4.69) is 10.3 Å². The highest BCUT2D eigenvalue weighted by Gasteiger charge is 2.33. The number of aromatic nitrogens is 1. The minimum Gasteiger partial charge on any atom is -0.319 e. The Morgan fingerprint density at radius 3 is 2.48 bits per heavy atom. The van der Waals surface area contributed by atoms with E-state index in [1.807, 2.05) is 30.3 Å². The van der Waals surface area contributed by atoms with Crippen LogP contribution in [0.2, 0.25) is 0 Å². The normalized spacial score (nSPS) is 13.1. The molecule has 1 aromatic carbocycles. The van der Waals surface area contributed by atoms with E-state index in [9.17, 15) is 13.2 Å². The van der Waals surface area contributed by atoms with Crippen molar-refractivity contribution in [3.8, 4) is 0 Å². The van der Waals surface area contributed by atoms with Crippen molar-refractivity contribution in [1.82, 2.24) is 10.3 Å². The Bertz CT molecular complexity index is 567. The van der Waals surface area contributed by atoms with Gasteiger partial charge in [-0.2, -0.15) is 13.2 Å². The number of halogens is 3. The van der Waals surface area contributed by atoms with Crippen molar-refractivity contribution in [2.75, 3.05) is 13.6 Å². The summed E-state index contributed by atoms with van der Waals surface area (Å²) in [4.78, 5) is 3.85. The first-order valence-electron chi connectivity index (χ1n) is 6.72. The minimum absolute atomic E-state index is 0.0264. The van der Waals surface area contributed by atoms with Crippen molar-refractivity contribution in [1.29, 1.82) is 0 Å². The number of pyridine rings is 1. The lowest BCUT2D eigenvalue weighted by Gasteiger charge is -2.19. The smallest absolute Gasteiger partial charge is 0.319 e. The van der Waals surface area contributed by atoms with E-state index in [1.54, 1.807) is 7.05 Å². The molecular formula is C16H17F3N2. The number of hydrogen-bond acceptors (Lipinski definition) is 2. The highest BCUT2D eigenvalue weighted by molar-refractivity contribution is 5.30. The molecular weight excluding hydrogens is 277 g/mol. The van der Waals surface area contributed by atoms with Gasteiger partial charge in [-0.15, -0.1) is 0 Å². The van der Waals surface area contributed by atoms with Gasteiger partial charge in [0, 0.05) is 24.9 Å². The zero-order valence-electron chi connectivity index (χ0n) is 11.7. The van der Waals surface area contributed by atoms with Gasteiger partial charge in [-0.05, 0) is 30.7 Å². The van der Waals surface area contributed by atoms with Crippen molar-refractivity contribution < 1.29 is 13.2 Å². The van der Waals surface area contributed by atoms with Crippen LogP contribution >= 0.6 is 0 Å². The molecule has 5 heteroatoms. The molecule has 1 N–H and O–H groups in total. The van der Waals surface area contributed by atoms with E-state index in [0.29, 0.717) is 13.0 Å². The first-order chi connectivity index (χ1) is 10.0. The molecule has 1 unspecified atom stereocenters. The van der Waals surface area contributed by atoms with Gasteiger partial charge >= 0.3 is 6.18 Å². The molecule has 2 aromatic rings. The average Bonchev–Trinajstić information content (AvgIpc) is 2.47. The zero-order valence-corrected chi connectivity index (χ0v) is 11.7. The van der Waals surface area contributed by atoms with Crippen LogP contribution < -0.4 is 5.32 Å². The van der Waals surface area contributed by atoms with Gasteiger partial charge in [0.1, 0.15) is 0 Å². The van der Waals surface area contributed by atoms with Crippen molar-refractivity contribution in [3.05, 3.63) is 65.5 Å². The summed E-state index contributed by atoms with van der Waals surface area (Å²) in [6.07, 6.45) is -1.55. The number of rotatable bonds is 5. The second-order valence-electron chi connectivity index (χ2n) is 4.90. The summed E-state index contributed by atoms with van der Waals surface area (Å²) in [5.74, 6) is -0.0264. The Labute approximate surface area is 122 Å². The molecule has 112 valence electrons. The summed E-state index contributed by atoms with van der Waals surface area (Å²) < 4.78 is 39.1. The van der Waals surface area contributed by atoms with Crippen LogP contribution in [0.25, 0.3) is 0 Å². The zero-order chi connectivity index (χ0) is 15.3. The monoisotopic (exact) mass is 294 g/mol. The summed E-state index contributed by atoms with van der Waals surface area (Å²) in [5, 5.41) is 3.04. The van der Waals surface area contributed by atoms with Crippen molar-refractivity contribution in [3.63, 3.8) is 0 Å². The molecule has 0 radical (unpaired) electrons. The van der Waals surface area contributed by atoms with E-state index in [-0.39, 0.29) is 11.5 Å². The number of benzene rings is 1. The van der Waals surface area contributed by atoms with E-state index < -0.39 is 11.7 Å². The highest BCUT2D eigenvalue weighted by atomic mass is 19.4. The predicted octanol–water partition coefficient (Wildman–Crippen LogP) is 3.65. The molecule has 2 rings (SSSR count). The summed E-state index contributed by atoms with van der Waals surface area (Å²) in [6.45, 7) is 0.607. The van der Waals surface area contributed by atoms with Crippen LogP contribution in [-0.4, -0.2) is 18.6 Å². The molecule has 21 heavy (non-hydrogen) atoms. The lowest BCUT2D eigenvalue weighted by molar-refractivity contribution is -0.138. The molecule has 0 bridgehead atoms. The Morgan fingerprint density at radius 2 is 1.86 bits per heavy atom. The van der Waals surface area contributed by atoms with Gasteiger partial charge in [0.25, 0.3) is 0 Å². The molecule has 1 heterocycles. The number of alkyl halides is 3. The van der Waals surface area contributed by atoms with Crippen LogP contribution in [0.5, 0.6) is 0 Å². The Kier molecular flexibility index (Phi) is 4.96. The van der Waals surface area contributed by atoms with E-state index in [4.69, 9.17) is 0 Å². The third-order valence-corrected chi connectivity index (χ3v) is 3.40. The van der Waals surface area contributed by atoms with Gasteiger partial charge in [-0.1, -0.05) is 30.3 Å².